The molecule has 2 heterocycles. The normalized spacial score (nSPS) is 12.3. The number of benzene rings is 1. The smallest absolute Gasteiger partial charge is 0.168 e. The molecule has 0 atom stereocenters. The molecule has 1 aliphatic rings. The summed E-state index contributed by atoms with van der Waals surface area (Å²) in [5.74, 6) is 0.883. The Morgan fingerprint density at radius 3 is 3.13 bits per heavy atom. The standard InChI is InChI=1S/C11H7BrN2O/c12-8-2-1-7-5-14-9(6-15)4-13-11(14)10(7)3-8/h1-4,6H,5H2. The highest BCUT2D eigenvalue weighted by Gasteiger charge is 2.21. The first-order valence-corrected chi connectivity index (χ1v) is 5.38. The number of carbonyl (C=O) groups is 1. The highest BCUT2D eigenvalue weighted by atomic mass is 79.9. The molecular formula is C11H7BrN2O. The molecule has 0 spiro atoms. The van der Waals surface area contributed by atoms with Gasteiger partial charge in [-0.15, -0.1) is 0 Å². The van der Waals surface area contributed by atoms with E-state index in [9.17, 15) is 4.79 Å². The quantitative estimate of drug-likeness (QED) is 0.632. The molecule has 1 aliphatic heterocycles. The Morgan fingerprint density at radius 2 is 2.33 bits per heavy atom. The van der Waals surface area contributed by atoms with Crippen LogP contribution >= 0.6 is 15.9 Å². The van der Waals surface area contributed by atoms with Crippen LogP contribution in [0.2, 0.25) is 0 Å². The predicted octanol–water partition coefficient (Wildman–Crippen LogP) is 2.49. The Kier molecular flexibility index (Phi) is 1.79. The summed E-state index contributed by atoms with van der Waals surface area (Å²) in [6, 6.07) is 6.10. The van der Waals surface area contributed by atoms with Crippen molar-refractivity contribution >= 4 is 22.2 Å². The van der Waals surface area contributed by atoms with Crippen molar-refractivity contribution in [1.29, 1.82) is 0 Å². The molecule has 15 heavy (non-hydrogen) atoms. The minimum absolute atomic E-state index is 0.636. The lowest BCUT2D eigenvalue weighted by Crippen LogP contribution is -1.97. The molecule has 0 amide bonds. The summed E-state index contributed by atoms with van der Waals surface area (Å²) in [6.07, 6.45) is 2.46. The number of fused-ring (bicyclic) bond motifs is 3. The van der Waals surface area contributed by atoms with Crippen LogP contribution in [0.15, 0.2) is 28.9 Å². The molecule has 0 unspecified atom stereocenters. The monoisotopic (exact) mass is 262 g/mol. The van der Waals surface area contributed by atoms with E-state index in [1.807, 2.05) is 16.7 Å². The summed E-state index contributed by atoms with van der Waals surface area (Å²) in [5, 5.41) is 0. The number of aldehydes is 1. The van der Waals surface area contributed by atoms with E-state index in [1.165, 1.54) is 5.56 Å². The molecule has 0 aliphatic carbocycles. The lowest BCUT2D eigenvalue weighted by molar-refractivity contribution is 0.111. The van der Waals surface area contributed by atoms with E-state index in [2.05, 4.69) is 27.0 Å². The maximum absolute atomic E-state index is 10.8. The highest BCUT2D eigenvalue weighted by Crippen LogP contribution is 2.33. The fourth-order valence-electron chi connectivity index (χ4n) is 1.93. The summed E-state index contributed by atoms with van der Waals surface area (Å²) >= 11 is 3.43. The molecule has 0 N–H and O–H groups in total. The summed E-state index contributed by atoms with van der Waals surface area (Å²) in [7, 11) is 0. The van der Waals surface area contributed by atoms with Crippen LogP contribution in [0.5, 0.6) is 0 Å². The average molecular weight is 263 g/mol. The minimum Gasteiger partial charge on any atom is -0.317 e. The molecule has 0 saturated carbocycles. The Labute approximate surface area is 94.9 Å². The largest absolute Gasteiger partial charge is 0.317 e. The Balaban J connectivity index is 2.26. The van der Waals surface area contributed by atoms with E-state index in [0.717, 1.165) is 28.7 Å². The van der Waals surface area contributed by atoms with Gasteiger partial charge in [0.2, 0.25) is 0 Å². The van der Waals surface area contributed by atoms with Crippen molar-refractivity contribution in [3.63, 3.8) is 0 Å². The van der Waals surface area contributed by atoms with Crippen LogP contribution in [0, 0.1) is 0 Å². The maximum Gasteiger partial charge on any atom is 0.168 e. The van der Waals surface area contributed by atoms with Gasteiger partial charge in [0.15, 0.2) is 6.29 Å². The number of rotatable bonds is 1. The molecule has 0 fully saturated rings. The van der Waals surface area contributed by atoms with Crippen LogP contribution < -0.4 is 0 Å². The molecule has 1 aromatic heterocycles. The van der Waals surface area contributed by atoms with Crippen LogP contribution in [0.4, 0.5) is 0 Å². The van der Waals surface area contributed by atoms with E-state index in [1.54, 1.807) is 6.20 Å². The predicted molar refractivity (Wildman–Crippen MR) is 59.9 cm³/mol. The van der Waals surface area contributed by atoms with Crippen LogP contribution in [0.25, 0.3) is 11.4 Å². The fourth-order valence-corrected chi connectivity index (χ4v) is 2.29. The first kappa shape index (κ1) is 8.85. The van der Waals surface area contributed by atoms with Gasteiger partial charge in [-0.3, -0.25) is 4.79 Å². The number of aromatic nitrogens is 2. The molecule has 2 aromatic rings. The SMILES string of the molecule is O=Cc1cnc2n1Cc1ccc(Br)cc1-2. The van der Waals surface area contributed by atoms with Gasteiger partial charge >= 0.3 is 0 Å². The van der Waals surface area contributed by atoms with E-state index in [-0.39, 0.29) is 0 Å². The topological polar surface area (TPSA) is 34.9 Å². The summed E-state index contributed by atoms with van der Waals surface area (Å²) in [6.45, 7) is 0.742. The van der Waals surface area contributed by atoms with Crippen LogP contribution in [-0.2, 0) is 6.54 Å². The van der Waals surface area contributed by atoms with Gasteiger partial charge < -0.3 is 4.57 Å². The Hall–Kier alpha value is -1.42. The van der Waals surface area contributed by atoms with Crippen molar-refractivity contribution < 1.29 is 4.79 Å². The number of hydrogen-bond donors (Lipinski definition) is 0. The van der Waals surface area contributed by atoms with Crippen molar-refractivity contribution in [2.75, 3.05) is 0 Å². The van der Waals surface area contributed by atoms with Gasteiger partial charge in [-0.1, -0.05) is 22.0 Å². The lowest BCUT2D eigenvalue weighted by atomic mass is 10.1. The van der Waals surface area contributed by atoms with E-state index in [4.69, 9.17) is 0 Å². The van der Waals surface area contributed by atoms with Crippen molar-refractivity contribution in [2.45, 2.75) is 6.54 Å². The molecule has 3 nitrogen and oxygen atoms in total. The van der Waals surface area contributed by atoms with E-state index < -0.39 is 0 Å². The van der Waals surface area contributed by atoms with Crippen LogP contribution in [0.1, 0.15) is 16.1 Å². The molecular weight excluding hydrogens is 256 g/mol. The van der Waals surface area contributed by atoms with Gasteiger partial charge in [0, 0.05) is 10.0 Å². The fraction of sp³-hybridized carbons (Fsp3) is 0.0909. The minimum atomic E-state index is 0.636. The number of halogens is 1. The first-order chi connectivity index (χ1) is 7.29. The van der Waals surface area contributed by atoms with Crippen LogP contribution in [-0.4, -0.2) is 15.8 Å². The zero-order valence-corrected chi connectivity index (χ0v) is 9.36. The average Bonchev–Trinajstić information content (AvgIpc) is 2.76. The van der Waals surface area contributed by atoms with Gasteiger partial charge in [0.05, 0.1) is 12.7 Å². The molecule has 0 radical (unpaired) electrons. The molecule has 4 heteroatoms. The van der Waals surface area contributed by atoms with Gasteiger partial charge in [-0.25, -0.2) is 4.98 Å². The third-order valence-electron chi connectivity index (χ3n) is 2.65. The first-order valence-electron chi connectivity index (χ1n) is 4.59. The number of carbonyl (C=O) groups excluding carboxylic acids is 1. The van der Waals surface area contributed by atoms with Gasteiger partial charge in [0.1, 0.15) is 11.5 Å². The molecule has 74 valence electrons. The second kappa shape index (κ2) is 3.03. The lowest BCUT2D eigenvalue weighted by Gasteiger charge is -1.97. The van der Waals surface area contributed by atoms with E-state index >= 15 is 0 Å². The van der Waals surface area contributed by atoms with E-state index in [0.29, 0.717) is 5.69 Å². The zero-order valence-electron chi connectivity index (χ0n) is 7.77. The van der Waals surface area contributed by atoms with Gasteiger partial charge in [-0.05, 0) is 17.7 Å². The van der Waals surface area contributed by atoms with Gasteiger partial charge in [0.25, 0.3) is 0 Å². The molecule has 1 aromatic carbocycles. The Bertz CT molecular complexity index is 560. The van der Waals surface area contributed by atoms with Crippen molar-refractivity contribution in [2.24, 2.45) is 0 Å². The number of hydrogen-bond acceptors (Lipinski definition) is 2. The zero-order chi connectivity index (χ0) is 10.4. The highest BCUT2D eigenvalue weighted by molar-refractivity contribution is 9.10. The Morgan fingerprint density at radius 1 is 1.47 bits per heavy atom. The third kappa shape index (κ3) is 1.18. The van der Waals surface area contributed by atoms with Crippen LogP contribution in [0.3, 0.4) is 0 Å². The molecule has 3 rings (SSSR count). The summed E-state index contributed by atoms with van der Waals surface area (Å²) in [4.78, 5) is 15.0. The number of imidazole rings is 1. The van der Waals surface area contributed by atoms with Crippen molar-refractivity contribution in [3.8, 4) is 11.4 Å². The third-order valence-corrected chi connectivity index (χ3v) is 3.14. The summed E-state index contributed by atoms with van der Waals surface area (Å²) in [5.41, 5.74) is 2.96. The second-order valence-electron chi connectivity index (χ2n) is 3.51. The second-order valence-corrected chi connectivity index (χ2v) is 4.43. The maximum atomic E-state index is 10.8. The van der Waals surface area contributed by atoms with Gasteiger partial charge in [-0.2, -0.15) is 0 Å². The number of nitrogens with zero attached hydrogens (tertiary/aromatic N) is 2. The molecule has 0 bridgehead atoms. The van der Waals surface area contributed by atoms with Crippen molar-refractivity contribution in [3.05, 3.63) is 40.1 Å². The summed E-state index contributed by atoms with van der Waals surface area (Å²) < 4.78 is 2.97. The van der Waals surface area contributed by atoms with Crippen molar-refractivity contribution in [1.82, 2.24) is 9.55 Å². The molecule has 0 saturated heterocycles.